The first-order valence-corrected chi connectivity index (χ1v) is 5.24. The minimum Gasteiger partial charge on any atom is -0.352 e. The van der Waals surface area contributed by atoms with Crippen molar-refractivity contribution < 1.29 is 4.79 Å². The normalized spacial score (nSPS) is 20.6. The molecule has 0 saturated carbocycles. The van der Waals surface area contributed by atoms with Crippen LogP contribution in [-0.2, 0) is 11.3 Å². The molecular weight excluding hydrogens is 192 g/mol. The van der Waals surface area contributed by atoms with Gasteiger partial charge < -0.3 is 15.6 Å². The van der Waals surface area contributed by atoms with Gasteiger partial charge in [-0.15, -0.1) is 0 Å². The fourth-order valence-corrected chi connectivity index (χ4v) is 1.77. The van der Waals surface area contributed by atoms with E-state index in [2.05, 4.69) is 20.6 Å². The van der Waals surface area contributed by atoms with Gasteiger partial charge >= 0.3 is 0 Å². The van der Waals surface area contributed by atoms with E-state index >= 15 is 0 Å². The number of imidazole rings is 1. The fourth-order valence-electron chi connectivity index (χ4n) is 1.77. The number of hydrogen-bond donors (Lipinski definition) is 3. The predicted molar refractivity (Wildman–Crippen MR) is 56.2 cm³/mol. The van der Waals surface area contributed by atoms with Gasteiger partial charge in [0.2, 0.25) is 5.91 Å². The SMILES string of the molecule is Cc1ncc(CNCC2CCC(=O)N2)[nH]1. The zero-order valence-electron chi connectivity index (χ0n) is 8.84. The van der Waals surface area contributed by atoms with Crippen molar-refractivity contribution in [3.63, 3.8) is 0 Å². The summed E-state index contributed by atoms with van der Waals surface area (Å²) in [6, 6.07) is 0.293. The molecule has 2 rings (SSSR count). The predicted octanol–water partition coefficient (Wildman–Crippen LogP) is 0.0863. The molecule has 1 saturated heterocycles. The van der Waals surface area contributed by atoms with Crippen molar-refractivity contribution in [2.75, 3.05) is 6.54 Å². The van der Waals surface area contributed by atoms with Gasteiger partial charge in [0.15, 0.2) is 0 Å². The van der Waals surface area contributed by atoms with Gasteiger partial charge in [-0.1, -0.05) is 0 Å². The quantitative estimate of drug-likeness (QED) is 0.656. The van der Waals surface area contributed by atoms with Gasteiger partial charge in [-0.2, -0.15) is 0 Å². The van der Waals surface area contributed by atoms with E-state index in [0.29, 0.717) is 12.5 Å². The molecule has 1 atom stereocenters. The second-order valence-corrected chi connectivity index (χ2v) is 3.93. The highest BCUT2D eigenvalue weighted by molar-refractivity contribution is 5.78. The summed E-state index contributed by atoms with van der Waals surface area (Å²) in [7, 11) is 0. The van der Waals surface area contributed by atoms with Crippen LogP contribution < -0.4 is 10.6 Å². The van der Waals surface area contributed by atoms with Gasteiger partial charge in [-0.25, -0.2) is 4.98 Å². The number of nitrogens with zero attached hydrogens (tertiary/aromatic N) is 1. The number of H-pyrrole nitrogens is 1. The number of rotatable bonds is 4. The Bertz CT molecular complexity index is 347. The average Bonchev–Trinajstić information content (AvgIpc) is 2.76. The van der Waals surface area contributed by atoms with Crippen LogP contribution in [0.3, 0.4) is 0 Å². The second-order valence-electron chi connectivity index (χ2n) is 3.93. The van der Waals surface area contributed by atoms with Crippen LogP contribution in [0, 0.1) is 6.92 Å². The lowest BCUT2D eigenvalue weighted by Gasteiger charge is -2.10. The highest BCUT2D eigenvalue weighted by Crippen LogP contribution is 2.05. The standard InChI is InChI=1S/C10H16N4O/c1-7-12-6-9(13-7)5-11-4-8-2-3-10(15)14-8/h6,8,11H,2-5H2,1H3,(H,12,13)(H,14,15). The number of aryl methyl sites for hydroxylation is 1. The highest BCUT2D eigenvalue weighted by atomic mass is 16.1. The van der Waals surface area contributed by atoms with Crippen LogP contribution in [0.5, 0.6) is 0 Å². The maximum atomic E-state index is 10.9. The van der Waals surface area contributed by atoms with E-state index in [-0.39, 0.29) is 5.91 Å². The molecule has 1 aromatic heterocycles. The molecule has 5 heteroatoms. The van der Waals surface area contributed by atoms with Crippen LogP contribution in [0.2, 0.25) is 0 Å². The smallest absolute Gasteiger partial charge is 0.220 e. The van der Waals surface area contributed by atoms with Crippen molar-refractivity contribution in [1.29, 1.82) is 0 Å². The van der Waals surface area contributed by atoms with Crippen molar-refractivity contribution in [2.24, 2.45) is 0 Å². The molecule has 1 fully saturated rings. The average molecular weight is 208 g/mol. The number of amides is 1. The maximum Gasteiger partial charge on any atom is 0.220 e. The minimum absolute atomic E-state index is 0.166. The van der Waals surface area contributed by atoms with Crippen LogP contribution >= 0.6 is 0 Å². The third-order valence-corrected chi connectivity index (χ3v) is 2.55. The summed E-state index contributed by atoms with van der Waals surface area (Å²) < 4.78 is 0. The lowest BCUT2D eigenvalue weighted by molar-refractivity contribution is -0.119. The van der Waals surface area contributed by atoms with E-state index in [1.165, 1.54) is 0 Å². The molecular formula is C10H16N4O. The third kappa shape index (κ3) is 2.79. The van der Waals surface area contributed by atoms with E-state index in [0.717, 1.165) is 31.0 Å². The largest absolute Gasteiger partial charge is 0.352 e. The number of nitrogens with one attached hydrogen (secondary N) is 3. The molecule has 0 radical (unpaired) electrons. The van der Waals surface area contributed by atoms with Gasteiger partial charge in [0.1, 0.15) is 5.82 Å². The number of aromatic nitrogens is 2. The van der Waals surface area contributed by atoms with Gasteiger partial charge in [0, 0.05) is 37.4 Å². The molecule has 15 heavy (non-hydrogen) atoms. The van der Waals surface area contributed by atoms with Gasteiger partial charge in [0.25, 0.3) is 0 Å². The van der Waals surface area contributed by atoms with Gasteiger partial charge in [-0.05, 0) is 13.3 Å². The summed E-state index contributed by atoms with van der Waals surface area (Å²) in [6.07, 6.45) is 3.43. The van der Waals surface area contributed by atoms with E-state index in [9.17, 15) is 4.79 Å². The zero-order valence-corrected chi connectivity index (χ0v) is 8.84. The molecule has 1 aliphatic heterocycles. The van der Waals surface area contributed by atoms with Crippen LogP contribution in [-0.4, -0.2) is 28.5 Å². The number of hydrogen-bond acceptors (Lipinski definition) is 3. The lowest BCUT2D eigenvalue weighted by Crippen LogP contribution is -2.35. The molecule has 2 heterocycles. The first kappa shape index (κ1) is 10.2. The summed E-state index contributed by atoms with van der Waals surface area (Å²) in [4.78, 5) is 18.2. The topological polar surface area (TPSA) is 69.8 Å². The van der Waals surface area contributed by atoms with E-state index in [1.54, 1.807) is 0 Å². The summed E-state index contributed by atoms with van der Waals surface area (Å²) >= 11 is 0. The van der Waals surface area contributed by atoms with Crippen LogP contribution in [0.1, 0.15) is 24.4 Å². The van der Waals surface area contributed by atoms with E-state index in [4.69, 9.17) is 0 Å². The van der Waals surface area contributed by atoms with Crippen molar-refractivity contribution in [1.82, 2.24) is 20.6 Å². The van der Waals surface area contributed by atoms with Crippen molar-refractivity contribution in [3.8, 4) is 0 Å². The van der Waals surface area contributed by atoms with Crippen molar-refractivity contribution in [3.05, 3.63) is 17.7 Å². The summed E-state index contributed by atoms with van der Waals surface area (Å²) in [5.41, 5.74) is 1.08. The summed E-state index contributed by atoms with van der Waals surface area (Å²) in [5.74, 6) is 1.10. The number of carbonyl (C=O) groups is 1. The Morgan fingerprint density at radius 2 is 2.53 bits per heavy atom. The second kappa shape index (κ2) is 4.44. The lowest BCUT2D eigenvalue weighted by atomic mass is 10.2. The first-order chi connectivity index (χ1) is 7.24. The Morgan fingerprint density at radius 1 is 1.67 bits per heavy atom. The molecule has 1 aromatic rings. The molecule has 3 N–H and O–H groups in total. The number of aromatic amines is 1. The molecule has 0 aliphatic carbocycles. The molecule has 0 spiro atoms. The van der Waals surface area contributed by atoms with Crippen molar-refractivity contribution >= 4 is 5.91 Å². The van der Waals surface area contributed by atoms with Gasteiger partial charge in [0.05, 0.1) is 0 Å². The van der Waals surface area contributed by atoms with Crippen LogP contribution in [0.15, 0.2) is 6.20 Å². The van der Waals surface area contributed by atoms with Crippen LogP contribution in [0.4, 0.5) is 0 Å². The van der Waals surface area contributed by atoms with Crippen molar-refractivity contribution in [2.45, 2.75) is 32.4 Å². The van der Waals surface area contributed by atoms with Crippen LogP contribution in [0.25, 0.3) is 0 Å². The Balaban J connectivity index is 1.69. The Labute approximate surface area is 88.7 Å². The molecule has 82 valence electrons. The Hall–Kier alpha value is -1.36. The molecule has 1 amide bonds. The molecule has 1 unspecified atom stereocenters. The van der Waals surface area contributed by atoms with E-state index < -0.39 is 0 Å². The molecule has 0 bridgehead atoms. The van der Waals surface area contributed by atoms with Gasteiger partial charge in [-0.3, -0.25) is 4.79 Å². The van der Waals surface area contributed by atoms with E-state index in [1.807, 2.05) is 13.1 Å². The Morgan fingerprint density at radius 3 is 3.13 bits per heavy atom. The molecule has 0 aromatic carbocycles. The third-order valence-electron chi connectivity index (χ3n) is 2.55. The molecule has 5 nitrogen and oxygen atoms in total. The summed E-state index contributed by atoms with van der Waals surface area (Å²) in [6.45, 7) is 3.53. The summed E-state index contributed by atoms with van der Waals surface area (Å²) in [5, 5.41) is 6.21. The monoisotopic (exact) mass is 208 g/mol. The maximum absolute atomic E-state index is 10.9. The highest BCUT2D eigenvalue weighted by Gasteiger charge is 2.19. The fraction of sp³-hybridized carbons (Fsp3) is 0.600. The number of carbonyl (C=O) groups excluding carboxylic acids is 1. The zero-order chi connectivity index (χ0) is 10.7. The first-order valence-electron chi connectivity index (χ1n) is 5.24. The minimum atomic E-state index is 0.166. The molecule has 1 aliphatic rings. The Kier molecular flexibility index (Phi) is 3.01.